The molecule has 26 heavy (non-hydrogen) atoms. The van der Waals surface area contributed by atoms with E-state index in [-0.39, 0.29) is 18.9 Å². The Balaban J connectivity index is 1.85. The van der Waals surface area contributed by atoms with Gasteiger partial charge in [-0.1, -0.05) is 36.4 Å². The van der Waals surface area contributed by atoms with Gasteiger partial charge in [0, 0.05) is 0 Å². The highest BCUT2D eigenvalue weighted by Crippen LogP contribution is 2.15. The molecule has 0 aromatic heterocycles. The number of sulfone groups is 1. The monoisotopic (exact) mass is 375 g/mol. The highest BCUT2D eigenvalue weighted by Gasteiger charge is 2.28. The number of aryl methyl sites for hydroxylation is 2. The van der Waals surface area contributed by atoms with Crippen LogP contribution in [0.5, 0.6) is 5.75 Å². The molecule has 1 amide bonds. The van der Waals surface area contributed by atoms with E-state index in [0.717, 1.165) is 22.4 Å². The molecule has 0 aliphatic carbocycles. The summed E-state index contributed by atoms with van der Waals surface area (Å²) < 4.78 is 30.5. The molecule has 2 aromatic rings. The first-order chi connectivity index (χ1) is 12.3. The minimum atomic E-state index is -3.58. The zero-order chi connectivity index (χ0) is 19.2. The molecule has 0 bridgehead atoms. The Kier molecular flexibility index (Phi) is 6.80. The van der Waals surface area contributed by atoms with E-state index in [1.54, 1.807) is 12.1 Å². The van der Waals surface area contributed by atoms with Crippen molar-refractivity contribution in [3.05, 3.63) is 65.2 Å². The molecule has 2 aromatic carbocycles. The van der Waals surface area contributed by atoms with Gasteiger partial charge in [0.05, 0.1) is 12.3 Å². The van der Waals surface area contributed by atoms with Gasteiger partial charge in [-0.2, -0.15) is 0 Å². The van der Waals surface area contributed by atoms with Crippen LogP contribution >= 0.6 is 0 Å². The summed E-state index contributed by atoms with van der Waals surface area (Å²) >= 11 is 0. The van der Waals surface area contributed by atoms with Crippen LogP contribution in [0.2, 0.25) is 0 Å². The van der Waals surface area contributed by atoms with E-state index in [1.807, 2.05) is 50.2 Å². The number of carbonyl (C=O) groups is 1. The van der Waals surface area contributed by atoms with Crippen LogP contribution in [0, 0.1) is 13.8 Å². The Labute approximate surface area is 155 Å². The topological polar surface area (TPSA) is 72.5 Å². The van der Waals surface area contributed by atoms with Crippen molar-refractivity contribution in [2.75, 3.05) is 13.2 Å². The highest BCUT2D eigenvalue weighted by atomic mass is 32.2. The summed E-state index contributed by atoms with van der Waals surface area (Å²) in [4.78, 5) is 12.2. The normalized spacial score (nSPS) is 12.4. The fourth-order valence-corrected chi connectivity index (χ4v) is 3.89. The maximum Gasteiger partial charge on any atom is 0.238 e. The third-order valence-corrected chi connectivity index (χ3v) is 6.19. The number of rotatable bonds is 8. The average Bonchev–Trinajstić information content (AvgIpc) is 2.60. The zero-order valence-corrected chi connectivity index (χ0v) is 16.2. The molecule has 0 heterocycles. The standard InChI is InChI=1S/C20H25NO4S/c1-15-7-6-10-19(13-15)25-12-11-21-20(22)17(3)26(23,24)14-18-9-5-4-8-16(18)2/h4-10,13,17H,11-12,14H2,1-3H3,(H,21,22). The SMILES string of the molecule is Cc1cccc(OCCNC(=O)C(C)S(=O)(=O)Cc2ccccc2C)c1. The van der Waals surface area contributed by atoms with E-state index in [1.165, 1.54) is 6.92 Å². The van der Waals surface area contributed by atoms with E-state index in [9.17, 15) is 13.2 Å². The summed E-state index contributed by atoms with van der Waals surface area (Å²) in [7, 11) is -3.58. The number of carbonyl (C=O) groups excluding carboxylic acids is 1. The lowest BCUT2D eigenvalue weighted by Gasteiger charge is -2.14. The van der Waals surface area contributed by atoms with Gasteiger partial charge in [0.1, 0.15) is 17.6 Å². The van der Waals surface area contributed by atoms with Gasteiger partial charge < -0.3 is 10.1 Å². The Morgan fingerprint density at radius 2 is 1.85 bits per heavy atom. The zero-order valence-electron chi connectivity index (χ0n) is 15.4. The predicted molar refractivity (Wildman–Crippen MR) is 103 cm³/mol. The first-order valence-corrected chi connectivity index (χ1v) is 10.2. The third kappa shape index (κ3) is 5.59. The minimum Gasteiger partial charge on any atom is -0.492 e. The molecule has 0 aliphatic heterocycles. The van der Waals surface area contributed by atoms with Crippen molar-refractivity contribution >= 4 is 15.7 Å². The molecule has 0 aliphatic rings. The summed E-state index contributed by atoms with van der Waals surface area (Å²) in [6.45, 7) is 5.77. The van der Waals surface area contributed by atoms with Gasteiger partial charge in [-0.3, -0.25) is 4.79 Å². The fourth-order valence-electron chi connectivity index (χ4n) is 2.47. The number of hydrogen-bond donors (Lipinski definition) is 1. The Bertz CT molecular complexity index is 862. The minimum absolute atomic E-state index is 0.145. The molecule has 1 atom stereocenters. The van der Waals surface area contributed by atoms with Gasteiger partial charge in [-0.25, -0.2) is 8.42 Å². The van der Waals surface area contributed by atoms with Crippen LogP contribution in [0.15, 0.2) is 48.5 Å². The van der Waals surface area contributed by atoms with Crippen LogP contribution in [-0.2, 0) is 20.4 Å². The second-order valence-corrected chi connectivity index (χ2v) is 8.65. The van der Waals surface area contributed by atoms with E-state index in [2.05, 4.69) is 5.32 Å². The highest BCUT2D eigenvalue weighted by molar-refractivity contribution is 7.92. The van der Waals surface area contributed by atoms with E-state index in [4.69, 9.17) is 4.74 Å². The lowest BCUT2D eigenvalue weighted by molar-refractivity contribution is -0.120. The maximum atomic E-state index is 12.5. The van der Waals surface area contributed by atoms with Crippen molar-refractivity contribution in [2.45, 2.75) is 31.8 Å². The van der Waals surface area contributed by atoms with Crippen molar-refractivity contribution in [1.29, 1.82) is 0 Å². The van der Waals surface area contributed by atoms with Gasteiger partial charge in [-0.15, -0.1) is 0 Å². The largest absolute Gasteiger partial charge is 0.492 e. The summed E-state index contributed by atoms with van der Waals surface area (Å²) in [6.07, 6.45) is 0. The summed E-state index contributed by atoms with van der Waals surface area (Å²) in [5, 5.41) is 1.52. The van der Waals surface area contributed by atoms with Gasteiger partial charge in [0.25, 0.3) is 0 Å². The maximum absolute atomic E-state index is 12.5. The van der Waals surface area contributed by atoms with Crippen molar-refractivity contribution in [3.63, 3.8) is 0 Å². The van der Waals surface area contributed by atoms with E-state index < -0.39 is 21.0 Å². The fraction of sp³-hybridized carbons (Fsp3) is 0.350. The average molecular weight is 375 g/mol. The Morgan fingerprint density at radius 1 is 1.12 bits per heavy atom. The van der Waals surface area contributed by atoms with Crippen molar-refractivity contribution < 1.29 is 17.9 Å². The first kappa shape index (κ1) is 20.0. The van der Waals surface area contributed by atoms with Gasteiger partial charge in [0.2, 0.25) is 5.91 Å². The number of hydrogen-bond acceptors (Lipinski definition) is 4. The quantitative estimate of drug-likeness (QED) is 0.720. The Morgan fingerprint density at radius 3 is 2.54 bits per heavy atom. The van der Waals surface area contributed by atoms with Gasteiger partial charge >= 0.3 is 0 Å². The molecule has 1 N–H and O–H groups in total. The number of amides is 1. The molecule has 140 valence electrons. The van der Waals surface area contributed by atoms with Crippen LogP contribution < -0.4 is 10.1 Å². The van der Waals surface area contributed by atoms with Gasteiger partial charge in [-0.05, 0) is 49.6 Å². The van der Waals surface area contributed by atoms with Crippen LogP contribution in [0.3, 0.4) is 0 Å². The third-order valence-electron chi connectivity index (χ3n) is 4.19. The Hall–Kier alpha value is -2.34. The second-order valence-electron chi connectivity index (χ2n) is 6.33. The molecule has 5 nitrogen and oxygen atoms in total. The van der Waals surface area contributed by atoms with Crippen LogP contribution in [0.4, 0.5) is 0 Å². The molecule has 0 fully saturated rings. The summed E-state index contributed by atoms with van der Waals surface area (Å²) in [5.41, 5.74) is 2.70. The van der Waals surface area contributed by atoms with Crippen LogP contribution in [0.1, 0.15) is 23.6 Å². The smallest absolute Gasteiger partial charge is 0.238 e. The number of ether oxygens (including phenoxy) is 1. The summed E-state index contributed by atoms with van der Waals surface area (Å²) in [5.74, 6) is 0.0690. The molecular formula is C20H25NO4S. The van der Waals surface area contributed by atoms with Crippen LogP contribution in [-0.4, -0.2) is 32.7 Å². The molecule has 0 radical (unpaired) electrons. The molecule has 6 heteroatoms. The molecule has 0 saturated heterocycles. The second kappa shape index (κ2) is 8.85. The number of nitrogens with one attached hydrogen (secondary N) is 1. The first-order valence-electron chi connectivity index (χ1n) is 8.53. The van der Waals surface area contributed by atoms with E-state index in [0.29, 0.717) is 0 Å². The van der Waals surface area contributed by atoms with Crippen LogP contribution in [0.25, 0.3) is 0 Å². The predicted octanol–water partition coefficient (Wildman–Crippen LogP) is 2.80. The lowest BCUT2D eigenvalue weighted by Crippen LogP contribution is -2.40. The molecule has 0 spiro atoms. The molecule has 2 rings (SSSR count). The lowest BCUT2D eigenvalue weighted by atomic mass is 10.1. The molecule has 0 saturated carbocycles. The van der Waals surface area contributed by atoms with Crippen molar-refractivity contribution in [2.24, 2.45) is 0 Å². The van der Waals surface area contributed by atoms with Gasteiger partial charge in [0.15, 0.2) is 9.84 Å². The molecular weight excluding hydrogens is 350 g/mol. The molecule has 1 unspecified atom stereocenters. The summed E-state index contributed by atoms with van der Waals surface area (Å²) in [6, 6.07) is 14.9. The van der Waals surface area contributed by atoms with E-state index >= 15 is 0 Å². The number of benzene rings is 2. The van der Waals surface area contributed by atoms with Crippen molar-refractivity contribution in [3.8, 4) is 5.75 Å². The van der Waals surface area contributed by atoms with Crippen molar-refractivity contribution in [1.82, 2.24) is 5.32 Å².